The molecule has 3 nitrogen and oxygen atoms in total. The van der Waals surface area contributed by atoms with E-state index in [1.165, 1.54) is 19.3 Å². The lowest BCUT2D eigenvalue weighted by atomic mass is 9.70. The summed E-state index contributed by atoms with van der Waals surface area (Å²) in [6, 6.07) is 0. The van der Waals surface area contributed by atoms with Crippen molar-refractivity contribution in [3.63, 3.8) is 0 Å². The fourth-order valence-corrected chi connectivity index (χ4v) is 3.88. The average Bonchev–Trinajstić information content (AvgIpc) is 3.01. The van der Waals surface area contributed by atoms with E-state index in [-0.39, 0.29) is 17.7 Å². The minimum atomic E-state index is -0.963. The van der Waals surface area contributed by atoms with E-state index in [0.717, 1.165) is 38.8 Å². The maximum absolute atomic E-state index is 12.6. The summed E-state index contributed by atoms with van der Waals surface area (Å²) in [7, 11) is 0. The van der Waals surface area contributed by atoms with Crippen LogP contribution >= 0.6 is 0 Å². The molecule has 1 aliphatic carbocycles. The summed E-state index contributed by atoms with van der Waals surface area (Å²) in [6.07, 6.45) is 11.7. The number of aliphatic hydroxyl groups is 1. The zero-order valence-electron chi connectivity index (χ0n) is 13.0. The van der Waals surface area contributed by atoms with Crippen LogP contribution in [0.2, 0.25) is 0 Å². The second-order valence-corrected chi connectivity index (χ2v) is 6.48. The molecule has 1 amide bonds. The van der Waals surface area contributed by atoms with E-state index < -0.39 is 5.60 Å². The predicted molar refractivity (Wildman–Crippen MR) is 81.3 cm³/mol. The molecule has 0 bridgehead atoms. The number of allylic oxidation sites excluding steroid dienone is 1. The van der Waals surface area contributed by atoms with Crippen molar-refractivity contribution in [2.45, 2.75) is 64.4 Å². The molecular weight excluding hydrogens is 250 g/mol. The third-order valence-corrected chi connectivity index (χ3v) is 5.17. The molecule has 0 radical (unpaired) electrons. The van der Waals surface area contributed by atoms with Crippen LogP contribution in [-0.4, -0.2) is 34.6 Å². The summed E-state index contributed by atoms with van der Waals surface area (Å²) in [5.41, 5.74) is -0.963. The third-order valence-electron chi connectivity index (χ3n) is 5.17. The van der Waals surface area contributed by atoms with Gasteiger partial charge in [-0.2, -0.15) is 0 Å². The summed E-state index contributed by atoms with van der Waals surface area (Å²) in [6.45, 7) is 5.57. The molecule has 1 saturated heterocycles. The second-order valence-electron chi connectivity index (χ2n) is 6.48. The van der Waals surface area contributed by atoms with Crippen LogP contribution in [0.4, 0.5) is 0 Å². The van der Waals surface area contributed by atoms with Gasteiger partial charge in [0.05, 0.1) is 11.5 Å². The SMILES string of the molecule is C/C=C/C(O)(C1CCCCC1)C(C)C(=O)N1CCCC1. The second kappa shape index (κ2) is 6.75. The molecule has 0 aromatic rings. The first-order valence-electron chi connectivity index (χ1n) is 8.24. The van der Waals surface area contributed by atoms with Crippen LogP contribution in [0.3, 0.4) is 0 Å². The van der Waals surface area contributed by atoms with Crippen molar-refractivity contribution in [2.24, 2.45) is 11.8 Å². The Labute approximate surface area is 123 Å². The molecule has 0 aromatic heterocycles. The highest BCUT2D eigenvalue weighted by molar-refractivity contribution is 5.80. The van der Waals surface area contributed by atoms with Gasteiger partial charge in [0.15, 0.2) is 0 Å². The van der Waals surface area contributed by atoms with Crippen molar-refractivity contribution in [3.05, 3.63) is 12.2 Å². The van der Waals surface area contributed by atoms with Gasteiger partial charge in [0.25, 0.3) is 0 Å². The minimum Gasteiger partial charge on any atom is -0.385 e. The molecule has 2 rings (SSSR count). The number of carbonyl (C=O) groups is 1. The normalized spacial score (nSPS) is 25.9. The van der Waals surface area contributed by atoms with E-state index in [9.17, 15) is 9.90 Å². The van der Waals surface area contributed by atoms with Crippen molar-refractivity contribution in [1.82, 2.24) is 4.90 Å². The molecule has 2 fully saturated rings. The Balaban J connectivity index is 2.14. The molecule has 1 aliphatic heterocycles. The molecule has 3 heteroatoms. The van der Waals surface area contributed by atoms with Crippen molar-refractivity contribution in [1.29, 1.82) is 0 Å². The maximum atomic E-state index is 12.6. The fourth-order valence-electron chi connectivity index (χ4n) is 3.88. The topological polar surface area (TPSA) is 40.5 Å². The van der Waals surface area contributed by atoms with Crippen molar-refractivity contribution in [2.75, 3.05) is 13.1 Å². The summed E-state index contributed by atoms with van der Waals surface area (Å²) < 4.78 is 0. The highest BCUT2D eigenvalue weighted by Crippen LogP contribution is 2.39. The van der Waals surface area contributed by atoms with Crippen LogP contribution in [0.15, 0.2) is 12.2 Å². The molecule has 1 N–H and O–H groups in total. The molecule has 2 aliphatic rings. The van der Waals surface area contributed by atoms with E-state index in [1.807, 2.05) is 30.9 Å². The predicted octanol–water partition coefficient (Wildman–Crippen LogP) is 3.13. The van der Waals surface area contributed by atoms with Crippen LogP contribution in [-0.2, 0) is 4.79 Å². The van der Waals surface area contributed by atoms with Gasteiger partial charge in [-0.3, -0.25) is 4.79 Å². The van der Waals surface area contributed by atoms with E-state index in [2.05, 4.69) is 0 Å². The van der Waals surface area contributed by atoms with Crippen molar-refractivity contribution < 1.29 is 9.90 Å². The van der Waals surface area contributed by atoms with E-state index in [0.29, 0.717) is 0 Å². The number of amides is 1. The molecular formula is C17H29NO2. The van der Waals surface area contributed by atoms with Gasteiger partial charge < -0.3 is 10.0 Å². The summed E-state index contributed by atoms with van der Waals surface area (Å²) in [5, 5.41) is 11.2. The number of hydrogen-bond acceptors (Lipinski definition) is 2. The highest BCUT2D eigenvalue weighted by atomic mass is 16.3. The average molecular weight is 279 g/mol. The molecule has 0 aromatic carbocycles. The first kappa shape index (κ1) is 15.6. The van der Waals surface area contributed by atoms with E-state index >= 15 is 0 Å². The summed E-state index contributed by atoms with van der Waals surface area (Å²) in [5.74, 6) is 0.0302. The number of nitrogens with zero attached hydrogens (tertiary/aromatic N) is 1. The highest BCUT2D eigenvalue weighted by Gasteiger charge is 2.44. The molecule has 2 atom stereocenters. The van der Waals surface area contributed by atoms with Crippen LogP contribution in [0.25, 0.3) is 0 Å². The molecule has 20 heavy (non-hydrogen) atoms. The van der Waals surface area contributed by atoms with Gasteiger partial charge in [0.2, 0.25) is 5.91 Å². The standard InChI is InChI=1S/C17H29NO2/c1-3-11-17(20,15-9-5-4-6-10-15)14(2)16(19)18-12-7-8-13-18/h3,11,14-15,20H,4-10,12-13H2,1-2H3/b11-3+. The molecule has 114 valence electrons. The lowest BCUT2D eigenvalue weighted by Gasteiger charge is -2.41. The Morgan fingerprint density at radius 3 is 2.35 bits per heavy atom. The quantitative estimate of drug-likeness (QED) is 0.803. The van der Waals surface area contributed by atoms with E-state index in [1.54, 1.807) is 0 Å². The Bertz CT molecular complexity index is 354. The van der Waals surface area contributed by atoms with E-state index in [4.69, 9.17) is 0 Å². The number of hydrogen-bond donors (Lipinski definition) is 1. The summed E-state index contributed by atoms with van der Waals surface area (Å²) >= 11 is 0. The van der Waals surface area contributed by atoms with Gasteiger partial charge >= 0.3 is 0 Å². The zero-order valence-corrected chi connectivity index (χ0v) is 13.0. The van der Waals surface area contributed by atoms with Gasteiger partial charge in [0.1, 0.15) is 0 Å². The van der Waals surface area contributed by atoms with Crippen molar-refractivity contribution >= 4 is 5.91 Å². The Hall–Kier alpha value is -0.830. The van der Waals surface area contributed by atoms with Crippen LogP contribution in [0.5, 0.6) is 0 Å². The third kappa shape index (κ3) is 3.08. The van der Waals surface area contributed by atoms with Gasteiger partial charge in [-0.1, -0.05) is 38.3 Å². The molecule has 2 unspecified atom stereocenters. The lowest BCUT2D eigenvalue weighted by molar-refractivity contribution is -0.144. The van der Waals surface area contributed by atoms with Gasteiger partial charge in [-0.25, -0.2) is 0 Å². The number of carbonyl (C=O) groups excluding carboxylic acids is 1. The number of likely N-dealkylation sites (tertiary alicyclic amines) is 1. The Morgan fingerprint density at radius 1 is 1.20 bits per heavy atom. The van der Waals surface area contributed by atoms with Gasteiger partial charge in [-0.05, 0) is 38.5 Å². The fraction of sp³-hybridized carbons (Fsp3) is 0.824. The minimum absolute atomic E-state index is 0.133. The Kier molecular flexibility index (Phi) is 5.25. The maximum Gasteiger partial charge on any atom is 0.228 e. The van der Waals surface area contributed by atoms with Crippen LogP contribution in [0.1, 0.15) is 58.8 Å². The Morgan fingerprint density at radius 2 is 1.80 bits per heavy atom. The molecule has 1 heterocycles. The first-order valence-corrected chi connectivity index (χ1v) is 8.24. The lowest BCUT2D eigenvalue weighted by Crippen LogP contribution is -2.50. The first-order chi connectivity index (χ1) is 9.59. The number of rotatable bonds is 4. The van der Waals surface area contributed by atoms with Crippen LogP contribution < -0.4 is 0 Å². The zero-order chi connectivity index (χ0) is 14.6. The molecule has 0 spiro atoms. The van der Waals surface area contributed by atoms with Crippen molar-refractivity contribution in [3.8, 4) is 0 Å². The van der Waals surface area contributed by atoms with Gasteiger partial charge in [0, 0.05) is 13.1 Å². The summed E-state index contributed by atoms with van der Waals surface area (Å²) in [4.78, 5) is 14.6. The monoisotopic (exact) mass is 279 g/mol. The van der Waals surface area contributed by atoms with Crippen LogP contribution in [0, 0.1) is 11.8 Å². The smallest absolute Gasteiger partial charge is 0.228 e. The van der Waals surface area contributed by atoms with Gasteiger partial charge in [-0.15, -0.1) is 0 Å². The largest absolute Gasteiger partial charge is 0.385 e. The molecule has 1 saturated carbocycles.